The number of carboxylic acids is 1. The number of hydrogen-bond acceptors (Lipinski definition) is 6. The summed E-state index contributed by atoms with van der Waals surface area (Å²) in [4.78, 5) is 25.1. The lowest BCUT2D eigenvalue weighted by Crippen LogP contribution is -2.45. The maximum absolute atomic E-state index is 13.0. The molecule has 0 radical (unpaired) electrons. The first-order chi connectivity index (χ1) is 12.3. The minimum atomic E-state index is -3.77. The number of aliphatic carboxylic acids is 1. The van der Waals surface area contributed by atoms with E-state index in [9.17, 15) is 19.3 Å². The molecule has 0 bridgehead atoms. The van der Waals surface area contributed by atoms with Gasteiger partial charge in [0.25, 0.3) is 5.91 Å². The third-order valence-electron chi connectivity index (χ3n) is 4.42. The molecule has 0 saturated carbocycles. The van der Waals surface area contributed by atoms with Crippen molar-refractivity contribution in [2.75, 3.05) is 13.7 Å². The van der Waals surface area contributed by atoms with Crippen LogP contribution < -0.4 is 5.73 Å². The molecule has 0 aliphatic carbocycles. The monoisotopic (exact) mass is 384 g/mol. The second-order valence-corrected chi connectivity index (χ2v) is 8.57. The number of nitrogens with two attached hydrogens (primary N) is 1. The van der Waals surface area contributed by atoms with Gasteiger partial charge in [-0.05, 0) is 31.7 Å². The summed E-state index contributed by atoms with van der Waals surface area (Å²) < 4.78 is 23.5. The van der Waals surface area contributed by atoms with Crippen molar-refractivity contribution in [1.29, 1.82) is 0 Å². The van der Waals surface area contributed by atoms with Crippen LogP contribution in [0.1, 0.15) is 25.3 Å². The van der Waals surface area contributed by atoms with Gasteiger partial charge in [0.2, 0.25) is 0 Å². The molecule has 1 saturated heterocycles. The van der Waals surface area contributed by atoms with Crippen LogP contribution in [0.3, 0.4) is 0 Å². The van der Waals surface area contributed by atoms with E-state index in [2.05, 4.69) is 0 Å². The predicted molar refractivity (Wildman–Crippen MR) is 95.7 cm³/mol. The van der Waals surface area contributed by atoms with Crippen LogP contribution in [0, 0.1) is 0 Å². The van der Waals surface area contributed by atoms with Crippen molar-refractivity contribution >= 4 is 19.5 Å². The van der Waals surface area contributed by atoms with E-state index in [0.717, 1.165) is 5.56 Å². The second kappa shape index (κ2) is 8.77. The van der Waals surface area contributed by atoms with Crippen LogP contribution in [-0.4, -0.2) is 53.5 Å². The number of carbonyl (C=O) groups is 2. The summed E-state index contributed by atoms with van der Waals surface area (Å²) in [5.41, 5.74) is 6.91. The van der Waals surface area contributed by atoms with E-state index in [0.29, 0.717) is 19.4 Å². The van der Waals surface area contributed by atoms with E-state index in [-0.39, 0.29) is 6.42 Å². The molecule has 1 heterocycles. The zero-order valence-corrected chi connectivity index (χ0v) is 15.8. The van der Waals surface area contributed by atoms with Gasteiger partial charge in [-0.3, -0.25) is 13.9 Å². The van der Waals surface area contributed by atoms with Crippen molar-refractivity contribution in [2.24, 2.45) is 5.73 Å². The quantitative estimate of drug-likeness (QED) is 0.656. The highest BCUT2D eigenvalue weighted by molar-refractivity contribution is 7.54. The molecule has 1 amide bonds. The molecule has 1 aliphatic rings. The Morgan fingerprint density at radius 2 is 2.04 bits per heavy atom. The maximum Gasteiger partial charge on any atom is 0.348 e. The van der Waals surface area contributed by atoms with Gasteiger partial charge in [-0.1, -0.05) is 30.3 Å². The van der Waals surface area contributed by atoms with Crippen LogP contribution >= 0.6 is 7.60 Å². The molecule has 2 rings (SSSR count). The van der Waals surface area contributed by atoms with E-state index in [1.54, 1.807) is 0 Å². The predicted octanol–water partition coefficient (Wildman–Crippen LogP) is 1.83. The normalized spacial score (nSPS) is 21.8. The molecule has 1 aromatic carbocycles. The Bertz CT molecular complexity index is 683. The number of amides is 1. The lowest BCUT2D eigenvalue weighted by molar-refractivity contribution is -0.151. The maximum atomic E-state index is 13.0. The molecule has 2 unspecified atom stereocenters. The summed E-state index contributed by atoms with van der Waals surface area (Å²) >= 11 is 0. The molecule has 8 nitrogen and oxygen atoms in total. The van der Waals surface area contributed by atoms with Crippen LogP contribution in [0.4, 0.5) is 0 Å². The molecule has 3 N–H and O–H groups in total. The van der Waals surface area contributed by atoms with E-state index in [4.69, 9.17) is 14.8 Å². The van der Waals surface area contributed by atoms with Crippen LogP contribution in [0.25, 0.3) is 0 Å². The number of carboxylic acid groups (broad SMARTS) is 1. The van der Waals surface area contributed by atoms with Crippen molar-refractivity contribution in [1.82, 2.24) is 4.90 Å². The first-order valence-electron chi connectivity index (χ1n) is 8.45. The SMILES string of the molecule is COP(=O)(O[C@@H](C)C(=O)N1CCC[C@H]1C(=O)O)C(N)Cc1ccccc1. The highest BCUT2D eigenvalue weighted by Crippen LogP contribution is 2.52. The second-order valence-electron chi connectivity index (χ2n) is 6.26. The van der Waals surface area contributed by atoms with Crippen molar-refractivity contribution in [3.63, 3.8) is 0 Å². The van der Waals surface area contributed by atoms with E-state index in [1.165, 1.54) is 18.9 Å². The fourth-order valence-electron chi connectivity index (χ4n) is 3.01. The molecular formula is C17H25N2O6P. The largest absolute Gasteiger partial charge is 0.480 e. The number of rotatable bonds is 8. The molecule has 0 spiro atoms. The summed E-state index contributed by atoms with van der Waals surface area (Å²) in [5.74, 6) is -2.53. The number of benzene rings is 1. The van der Waals surface area contributed by atoms with Gasteiger partial charge in [-0.15, -0.1) is 0 Å². The zero-order chi connectivity index (χ0) is 19.3. The smallest absolute Gasteiger partial charge is 0.348 e. The van der Waals surface area contributed by atoms with Crippen molar-refractivity contribution in [3.8, 4) is 0 Å². The molecule has 9 heteroatoms. The number of nitrogens with zero attached hydrogens (tertiary/aromatic N) is 1. The fourth-order valence-corrected chi connectivity index (χ4v) is 4.49. The third kappa shape index (κ3) is 4.71. The molecule has 4 atom stereocenters. The van der Waals surface area contributed by atoms with Gasteiger partial charge in [-0.2, -0.15) is 0 Å². The Hall–Kier alpha value is -1.73. The van der Waals surface area contributed by atoms with Crippen LogP contribution in [0.2, 0.25) is 0 Å². The first kappa shape index (κ1) is 20.6. The van der Waals surface area contributed by atoms with Gasteiger partial charge in [-0.25, -0.2) is 4.79 Å². The minimum Gasteiger partial charge on any atom is -0.480 e. The standard InChI is InChI=1S/C17H25N2O6P/c1-12(16(20)19-10-6-9-14(19)17(21)22)25-26(23,24-2)15(18)11-13-7-4-3-5-8-13/h3-5,7-8,12,14-15H,6,9-11,18H2,1-2H3,(H,21,22)/t12-,14-,15?,26?/m0/s1. The summed E-state index contributed by atoms with van der Waals surface area (Å²) in [6.07, 6.45) is 0.130. The lowest BCUT2D eigenvalue weighted by Gasteiger charge is -2.29. The van der Waals surface area contributed by atoms with Gasteiger partial charge < -0.3 is 20.3 Å². The average molecular weight is 384 g/mol. The lowest BCUT2D eigenvalue weighted by atomic mass is 10.2. The third-order valence-corrected chi connectivity index (χ3v) is 6.54. The van der Waals surface area contributed by atoms with Gasteiger partial charge in [0.1, 0.15) is 17.9 Å². The summed E-state index contributed by atoms with van der Waals surface area (Å²) in [6, 6.07) is 8.34. The van der Waals surface area contributed by atoms with Gasteiger partial charge in [0.05, 0.1) is 0 Å². The Morgan fingerprint density at radius 3 is 2.62 bits per heavy atom. The summed E-state index contributed by atoms with van der Waals surface area (Å²) in [5, 5.41) is 9.21. The molecular weight excluding hydrogens is 359 g/mol. The number of carbonyl (C=O) groups excluding carboxylic acids is 1. The van der Waals surface area contributed by atoms with Crippen molar-refractivity contribution < 1.29 is 28.3 Å². The Labute approximate surface area is 152 Å². The first-order valence-corrected chi connectivity index (χ1v) is 10.1. The van der Waals surface area contributed by atoms with Crippen LogP contribution in [0.15, 0.2) is 30.3 Å². The molecule has 26 heavy (non-hydrogen) atoms. The van der Waals surface area contributed by atoms with Crippen LogP contribution in [0.5, 0.6) is 0 Å². The molecule has 144 valence electrons. The highest BCUT2D eigenvalue weighted by atomic mass is 31.2. The van der Waals surface area contributed by atoms with Gasteiger partial charge in [0.15, 0.2) is 0 Å². The number of likely N-dealkylation sites (tertiary alicyclic amines) is 1. The van der Waals surface area contributed by atoms with Gasteiger partial charge >= 0.3 is 13.6 Å². The van der Waals surface area contributed by atoms with Crippen molar-refractivity contribution in [3.05, 3.63) is 35.9 Å². The summed E-state index contributed by atoms with van der Waals surface area (Å²) in [6.45, 7) is 1.76. The Kier molecular flexibility index (Phi) is 6.94. The van der Waals surface area contributed by atoms with E-state index >= 15 is 0 Å². The minimum absolute atomic E-state index is 0.258. The van der Waals surface area contributed by atoms with Gasteiger partial charge in [0, 0.05) is 13.7 Å². The summed E-state index contributed by atoms with van der Waals surface area (Å²) in [7, 11) is -2.55. The zero-order valence-electron chi connectivity index (χ0n) is 14.9. The van der Waals surface area contributed by atoms with E-state index < -0.39 is 37.4 Å². The average Bonchev–Trinajstić information content (AvgIpc) is 3.11. The van der Waals surface area contributed by atoms with E-state index in [1.807, 2.05) is 30.3 Å². The molecule has 1 aromatic rings. The number of hydrogen-bond donors (Lipinski definition) is 2. The topological polar surface area (TPSA) is 119 Å². The Morgan fingerprint density at radius 1 is 1.38 bits per heavy atom. The fraction of sp³-hybridized carbons (Fsp3) is 0.529. The molecule has 1 aliphatic heterocycles. The highest BCUT2D eigenvalue weighted by Gasteiger charge is 2.40. The Balaban J connectivity index is 2.06. The molecule has 1 fully saturated rings. The van der Waals surface area contributed by atoms with Crippen LogP contribution in [-0.2, 0) is 29.6 Å². The molecule has 0 aromatic heterocycles. The van der Waals surface area contributed by atoms with Crippen molar-refractivity contribution in [2.45, 2.75) is 44.1 Å².